The Morgan fingerprint density at radius 2 is 1.60 bits per heavy atom. The van der Waals surface area contributed by atoms with E-state index in [2.05, 4.69) is 0 Å². The number of aryl methyl sites for hydroxylation is 1. The molecule has 1 aromatic carbocycles. The number of rotatable bonds is 7. The minimum atomic E-state index is -1.03. The minimum absolute atomic E-state index is 0.00457. The number of carbonyl (C=O) groups excluding carboxylic acids is 1. The van der Waals surface area contributed by atoms with Crippen molar-refractivity contribution in [3.63, 3.8) is 0 Å². The molecule has 0 bridgehead atoms. The van der Waals surface area contributed by atoms with Crippen molar-refractivity contribution in [2.45, 2.75) is 19.8 Å². The summed E-state index contributed by atoms with van der Waals surface area (Å²) in [6, 6.07) is 6.89. The van der Waals surface area contributed by atoms with Gasteiger partial charge in [-0.3, -0.25) is 14.4 Å². The van der Waals surface area contributed by atoms with Crippen molar-refractivity contribution in [1.82, 2.24) is 4.90 Å². The van der Waals surface area contributed by atoms with E-state index in [0.29, 0.717) is 5.56 Å². The quantitative estimate of drug-likeness (QED) is 0.786. The van der Waals surface area contributed by atoms with E-state index >= 15 is 0 Å². The van der Waals surface area contributed by atoms with E-state index in [-0.39, 0.29) is 31.8 Å². The molecular formula is C14H17NO5. The van der Waals surface area contributed by atoms with Gasteiger partial charge in [-0.2, -0.15) is 0 Å². The average molecular weight is 279 g/mol. The Balaban J connectivity index is 2.81. The van der Waals surface area contributed by atoms with Gasteiger partial charge >= 0.3 is 11.9 Å². The smallest absolute Gasteiger partial charge is 0.305 e. The number of aliphatic carboxylic acids is 2. The molecule has 0 spiro atoms. The molecule has 6 heteroatoms. The van der Waals surface area contributed by atoms with Gasteiger partial charge in [0.25, 0.3) is 5.91 Å². The van der Waals surface area contributed by atoms with Crippen LogP contribution in [-0.2, 0) is 9.59 Å². The van der Waals surface area contributed by atoms with Gasteiger partial charge in [-0.05, 0) is 19.1 Å². The van der Waals surface area contributed by atoms with E-state index in [1.807, 2.05) is 13.0 Å². The Bertz CT molecular complexity index is 494. The minimum Gasteiger partial charge on any atom is -0.481 e. The van der Waals surface area contributed by atoms with Crippen molar-refractivity contribution in [2.24, 2.45) is 0 Å². The first-order valence-corrected chi connectivity index (χ1v) is 6.19. The largest absolute Gasteiger partial charge is 0.481 e. The normalized spacial score (nSPS) is 10.1. The first kappa shape index (κ1) is 15.7. The summed E-state index contributed by atoms with van der Waals surface area (Å²) in [5, 5.41) is 17.4. The topological polar surface area (TPSA) is 94.9 Å². The van der Waals surface area contributed by atoms with Gasteiger partial charge in [-0.1, -0.05) is 17.7 Å². The molecule has 1 aromatic rings. The molecule has 0 saturated heterocycles. The first-order chi connectivity index (χ1) is 9.40. The van der Waals surface area contributed by atoms with Gasteiger partial charge < -0.3 is 15.1 Å². The van der Waals surface area contributed by atoms with Crippen molar-refractivity contribution in [2.75, 3.05) is 13.1 Å². The van der Waals surface area contributed by atoms with Gasteiger partial charge in [0.05, 0.1) is 12.8 Å². The maximum Gasteiger partial charge on any atom is 0.305 e. The van der Waals surface area contributed by atoms with E-state index in [1.165, 1.54) is 4.90 Å². The standard InChI is InChI=1S/C14H17NO5/c1-10-3-2-4-11(9-10)14(20)15(7-5-12(16)17)8-6-13(18)19/h2-4,9H,5-8H2,1H3,(H,16,17)(H,18,19). The SMILES string of the molecule is Cc1cccc(C(=O)N(CCC(=O)O)CCC(=O)O)c1. The molecule has 6 nitrogen and oxygen atoms in total. The monoisotopic (exact) mass is 279 g/mol. The molecule has 0 aliphatic rings. The number of hydrogen-bond acceptors (Lipinski definition) is 3. The average Bonchev–Trinajstić information content (AvgIpc) is 2.37. The highest BCUT2D eigenvalue weighted by atomic mass is 16.4. The number of hydrogen-bond donors (Lipinski definition) is 2. The molecule has 0 unspecified atom stereocenters. The van der Waals surface area contributed by atoms with Gasteiger partial charge in [-0.15, -0.1) is 0 Å². The van der Waals surface area contributed by atoms with Crippen LogP contribution in [0.15, 0.2) is 24.3 Å². The zero-order chi connectivity index (χ0) is 15.1. The molecule has 0 heterocycles. The van der Waals surface area contributed by atoms with E-state index in [9.17, 15) is 14.4 Å². The summed E-state index contributed by atoms with van der Waals surface area (Å²) in [7, 11) is 0. The third-order valence-corrected chi connectivity index (χ3v) is 2.74. The molecule has 1 amide bonds. The highest BCUT2D eigenvalue weighted by molar-refractivity contribution is 5.94. The number of carbonyl (C=O) groups is 3. The van der Waals surface area contributed by atoms with Gasteiger partial charge in [0.15, 0.2) is 0 Å². The summed E-state index contributed by atoms with van der Waals surface area (Å²) in [6.07, 6.45) is -0.422. The molecule has 108 valence electrons. The van der Waals surface area contributed by atoms with Gasteiger partial charge in [0.1, 0.15) is 0 Å². The fourth-order valence-electron chi connectivity index (χ4n) is 1.74. The van der Waals surface area contributed by atoms with E-state index in [4.69, 9.17) is 10.2 Å². The van der Waals surface area contributed by atoms with Crippen LogP contribution in [0.3, 0.4) is 0 Å². The van der Waals surface area contributed by atoms with Gasteiger partial charge in [0, 0.05) is 18.7 Å². The highest BCUT2D eigenvalue weighted by Gasteiger charge is 2.17. The molecule has 0 aliphatic heterocycles. The molecule has 2 N–H and O–H groups in total. The summed E-state index contributed by atoms with van der Waals surface area (Å²) >= 11 is 0. The molecule has 0 saturated carbocycles. The maximum absolute atomic E-state index is 12.3. The van der Waals surface area contributed by atoms with Crippen molar-refractivity contribution < 1.29 is 24.6 Å². The second-order valence-corrected chi connectivity index (χ2v) is 4.45. The molecule has 0 aliphatic carbocycles. The Kier molecular flexibility index (Phi) is 5.71. The third kappa shape index (κ3) is 5.09. The second-order valence-electron chi connectivity index (χ2n) is 4.45. The summed E-state index contributed by atoms with van der Waals surface area (Å²) in [4.78, 5) is 34.7. The molecule has 20 heavy (non-hydrogen) atoms. The van der Waals surface area contributed by atoms with Crippen LogP contribution in [0.25, 0.3) is 0 Å². The number of carboxylic acids is 2. The van der Waals surface area contributed by atoms with E-state index in [0.717, 1.165) is 5.56 Å². The van der Waals surface area contributed by atoms with Crippen molar-refractivity contribution >= 4 is 17.8 Å². The van der Waals surface area contributed by atoms with Gasteiger partial charge in [-0.25, -0.2) is 0 Å². The predicted molar refractivity (Wildman–Crippen MR) is 71.6 cm³/mol. The third-order valence-electron chi connectivity index (χ3n) is 2.74. The van der Waals surface area contributed by atoms with Crippen LogP contribution >= 0.6 is 0 Å². The van der Waals surface area contributed by atoms with Crippen LogP contribution < -0.4 is 0 Å². The fraction of sp³-hybridized carbons (Fsp3) is 0.357. The molecule has 0 fully saturated rings. The van der Waals surface area contributed by atoms with Crippen LogP contribution in [0.5, 0.6) is 0 Å². The molecule has 0 radical (unpaired) electrons. The van der Waals surface area contributed by atoms with Crippen LogP contribution in [0.1, 0.15) is 28.8 Å². The molecular weight excluding hydrogens is 262 g/mol. The lowest BCUT2D eigenvalue weighted by Gasteiger charge is -2.21. The Morgan fingerprint density at radius 3 is 2.05 bits per heavy atom. The lowest BCUT2D eigenvalue weighted by Crippen LogP contribution is -2.34. The second kappa shape index (κ2) is 7.28. The maximum atomic E-state index is 12.3. The molecule has 0 aromatic heterocycles. The Labute approximate surface area is 116 Å². The first-order valence-electron chi connectivity index (χ1n) is 6.19. The summed E-state index contributed by atoms with van der Waals surface area (Å²) in [5.74, 6) is -2.40. The lowest BCUT2D eigenvalue weighted by atomic mass is 10.1. The summed E-state index contributed by atoms with van der Waals surface area (Å²) in [6.45, 7) is 1.83. The van der Waals surface area contributed by atoms with Crippen LogP contribution in [0.2, 0.25) is 0 Å². The van der Waals surface area contributed by atoms with Crippen molar-refractivity contribution in [3.05, 3.63) is 35.4 Å². The van der Waals surface area contributed by atoms with Crippen LogP contribution in [0.4, 0.5) is 0 Å². The van der Waals surface area contributed by atoms with Crippen molar-refractivity contribution in [1.29, 1.82) is 0 Å². The predicted octanol–water partition coefficient (Wildman–Crippen LogP) is 1.39. The summed E-state index contributed by atoms with van der Waals surface area (Å²) < 4.78 is 0. The lowest BCUT2D eigenvalue weighted by molar-refractivity contribution is -0.137. The van der Waals surface area contributed by atoms with Crippen LogP contribution in [0, 0.1) is 6.92 Å². The number of benzene rings is 1. The number of nitrogens with zero attached hydrogens (tertiary/aromatic N) is 1. The number of carboxylic acid groups (broad SMARTS) is 2. The molecule has 1 rings (SSSR count). The Hall–Kier alpha value is -2.37. The zero-order valence-corrected chi connectivity index (χ0v) is 11.2. The summed E-state index contributed by atoms with van der Waals surface area (Å²) in [5.41, 5.74) is 1.34. The van der Waals surface area contributed by atoms with Gasteiger partial charge in [0.2, 0.25) is 0 Å². The van der Waals surface area contributed by atoms with Crippen molar-refractivity contribution in [3.8, 4) is 0 Å². The van der Waals surface area contributed by atoms with E-state index < -0.39 is 11.9 Å². The highest BCUT2D eigenvalue weighted by Crippen LogP contribution is 2.09. The van der Waals surface area contributed by atoms with Crippen LogP contribution in [-0.4, -0.2) is 46.0 Å². The Morgan fingerprint density at radius 1 is 1.05 bits per heavy atom. The van der Waals surface area contributed by atoms with E-state index in [1.54, 1.807) is 18.2 Å². The molecule has 0 atom stereocenters. The number of amides is 1. The fourth-order valence-corrected chi connectivity index (χ4v) is 1.74. The zero-order valence-electron chi connectivity index (χ0n) is 11.2.